The fraction of sp³-hybridized carbons (Fsp3) is 0.542. The predicted molar refractivity (Wildman–Crippen MR) is 124 cm³/mol. The molecule has 0 spiro atoms. The standard InChI is InChI=1S/C24H32N6O/c1-24(2)20-16-26-23(28-21(20)30(22(24)31)18-8-4-3-5-9-18)27-17-7-6-10-19(15-17)29-13-11-25-12-14-29/h6-7,10,15-16,18,25H,3-5,8-9,11-14H2,1-2H3,(H,26,27,28). The topological polar surface area (TPSA) is 73.4 Å². The van der Waals surface area contributed by atoms with Gasteiger partial charge in [-0.05, 0) is 44.9 Å². The molecule has 31 heavy (non-hydrogen) atoms. The minimum atomic E-state index is -0.576. The molecule has 1 aromatic carbocycles. The van der Waals surface area contributed by atoms with Crippen molar-refractivity contribution < 1.29 is 4.79 Å². The lowest BCUT2D eigenvalue weighted by Crippen LogP contribution is -2.44. The first-order chi connectivity index (χ1) is 15.0. The second-order valence-corrected chi connectivity index (χ2v) is 9.44. The zero-order valence-corrected chi connectivity index (χ0v) is 18.5. The second-order valence-electron chi connectivity index (χ2n) is 9.44. The molecule has 1 saturated carbocycles. The quantitative estimate of drug-likeness (QED) is 0.788. The van der Waals surface area contributed by atoms with Gasteiger partial charge in [-0.2, -0.15) is 4.98 Å². The largest absolute Gasteiger partial charge is 0.369 e. The minimum Gasteiger partial charge on any atom is -0.369 e. The van der Waals surface area contributed by atoms with Crippen LogP contribution in [0.1, 0.15) is 51.5 Å². The van der Waals surface area contributed by atoms with Crippen LogP contribution in [0.25, 0.3) is 0 Å². The Morgan fingerprint density at radius 2 is 1.90 bits per heavy atom. The third kappa shape index (κ3) is 3.76. The van der Waals surface area contributed by atoms with Crippen LogP contribution in [0, 0.1) is 0 Å². The van der Waals surface area contributed by atoms with E-state index in [2.05, 4.69) is 38.7 Å². The van der Waals surface area contributed by atoms with Crippen LogP contribution in [0.4, 0.5) is 23.1 Å². The van der Waals surface area contributed by atoms with Crippen LogP contribution < -0.4 is 20.4 Å². The molecule has 0 bridgehead atoms. The van der Waals surface area contributed by atoms with Crippen molar-refractivity contribution in [2.45, 2.75) is 57.4 Å². The lowest BCUT2D eigenvalue weighted by Gasteiger charge is -2.32. The van der Waals surface area contributed by atoms with Gasteiger partial charge >= 0.3 is 0 Å². The van der Waals surface area contributed by atoms with Crippen LogP contribution in [0.3, 0.4) is 0 Å². The molecule has 1 saturated heterocycles. The van der Waals surface area contributed by atoms with E-state index in [1.165, 1.54) is 24.9 Å². The number of carbonyl (C=O) groups is 1. The number of benzene rings is 1. The van der Waals surface area contributed by atoms with Crippen molar-refractivity contribution in [3.05, 3.63) is 36.0 Å². The van der Waals surface area contributed by atoms with Gasteiger partial charge in [0.15, 0.2) is 0 Å². The molecule has 1 aliphatic carbocycles. The number of aromatic nitrogens is 2. The normalized spacial score (nSPS) is 21.3. The number of hydrogen-bond acceptors (Lipinski definition) is 6. The van der Waals surface area contributed by atoms with Crippen LogP contribution >= 0.6 is 0 Å². The van der Waals surface area contributed by atoms with Crippen molar-refractivity contribution in [1.29, 1.82) is 0 Å². The average Bonchev–Trinajstić information content (AvgIpc) is 3.00. The molecule has 0 atom stereocenters. The molecule has 7 heteroatoms. The van der Waals surface area contributed by atoms with E-state index < -0.39 is 5.41 Å². The van der Waals surface area contributed by atoms with E-state index in [4.69, 9.17) is 4.98 Å². The molecule has 2 aliphatic heterocycles. The monoisotopic (exact) mass is 420 g/mol. The first-order valence-electron chi connectivity index (χ1n) is 11.6. The van der Waals surface area contributed by atoms with Crippen LogP contribution in [0.15, 0.2) is 30.5 Å². The molecule has 0 unspecified atom stereocenters. The zero-order chi connectivity index (χ0) is 21.4. The van der Waals surface area contributed by atoms with Crippen molar-refractivity contribution in [3.8, 4) is 0 Å². The summed E-state index contributed by atoms with van der Waals surface area (Å²) in [5.41, 5.74) is 2.52. The molecular weight excluding hydrogens is 388 g/mol. The van der Waals surface area contributed by atoms with Crippen molar-refractivity contribution in [3.63, 3.8) is 0 Å². The number of nitrogens with one attached hydrogen (secondary N) is 2. The third-order valence-corrected chi connectivity index (χ3v) is 6.95. The smallest absolute Gasteiger partial charge is 0.238 e. The summed E-state index contributed by atoms with van der Waals surface area (Å²) in [6, 6.07) is 8.65. The molecule has 164 valence electrons. The van der Waals surface area contributed by atoms with Gasteiger partial charge in [-0.15, -0.1) is 0 Å². The van der Waals surface area contributed by atoms with Gasteiger partial charge in [0.1, 0.15) is 5.82 Å². The first kappa shape index (κ1) is 20.2. The lowest BCUT2D eigenvalue weighted by atomic mass is 9.87. The molecule has 5 rings (SSSR count). The molecule has 2 N–H and O–H groups in total. The van der Waals surface area contributed by atoms with Gasteiger partial charge in [0, 0.05) is 55.4 Å². The number of fused-ring (bicyclic) bond motifs is 1. The summed E-state index contributed by atoms with van der Waals surface area (Å²) in [5, 5.41) is 6.77. The zero-order valence-electron chi connectivity index (χ0n) is 18.5. The Kier molecular flexibility index (Phi) is 5.30. The van der Waals surface area contributed by atoms with Crippen molar-refractivity contribution in [2.24, 2.45) is 0 Å². The minimum absolute atomic E-state index is 0.154. The molecular formula is C24H32N6O. The number of carbonyl (C=O) groups excluding carboxylic acids is 1. The van der Waals surface area contributed by atoms with E-state index in [0.717, 1.165) is 56.1 Å². The maximum Gasteiger partial charge on any atom is 0.238 e. The fourth-order valence-electron chi connectivity index (χ4n) is 5.08. The predicted octanol–water partition coefficient (Wildman–Crippen LogP) is 3.59. The van der Waals surface area contributed by atoms with Gasteiger partial charge in [-0.25, -0.2) is 4.98 Å². The van der Waals surface area contributed by atoms with E-state index in [0.29, 0.717) is 5.95 Å². The first-order valence-corrected chi connectivity index (χ1v) is 11.6. The molecule has 1 aromatic heterocycles. The van der Waals surface area contributed by atoms with Gasteiger partial charge < -0.3 is 15.5 Å². The van der Waals surface area contributed by atoms with Crippen LogP contribution in [0.2, 0.25) is 0 Å². The maximum atomic E-state index is 13.3. The van der Waals surface area contributed by atoms with E-state index in [-0.39, 0.29) is 11.9 Å². The summed E-state index contributed by atoms with van der Waals surface area (Å²) < 4.78 is 0. The van der Waals surface area contributed by atoms with E-state index in [1.807, 2.05) is 31.0 Å². The molecule has 1 amide bonds. The van der Waals surface area contributed by atoms with Gasteiger partial charge in [-0.3, -0.25) is 9.69 Å². The van der Waals surface area contributed by atoms with E-state index in [9.17, 15) is 4.79 Å². The summed E-state index contributed by atoms with van der Waals surface area (Å²) >= 11 is 0. The number of piperazine rings is 1. The summed E-state index contributed by atoms with van der Waals surface area (Å²) in [5.74, 6) is 1.49. The highest BCUT2D eigenvalue weighted by Crippen LogP contribution is 2.43. The molecule has 2 fully saturated rings. The Bertz CT molecular complexity index is 962. The van der Waals surface area contributed by atoms with Crippen LogP contribution in [-0.2, 0) is 10.2 Å². The highest BCUT2D eigenvalue weighted by molar-refractivity contribution is 6.07. The number of anilines is 4. The van der Waals surface area contributed by atoms with Crippen molar-refractivity contribution >= 4 is 29.0 Å². The Hall–Kier alpha value is -2.67. The Morgan fingerprint density at radius 3 is 2.68 bits per heavy atom. The molecule has 0 radical (unpaired) electrons. The van der Waals surface area contributed by atoms with Crippen molar-refractivity contribution in [2.75, 3.05) is 41.3 Å². The summed E-state index contributed by atoms with van der Waals surface area (Å²) in [4.78, 5) is 27.1. The Labute approximate surface area is 184 Å². The van der Waals surface area contributed by atoms with E-state index in [1.54, 1.807) is 0 Å². The number of rotatable bonds is 4. The summed E-state index contributed by atoms with van der Waals surface area (Å²) in [7, 11) is 0. The molecule has 3 aliphatic rings. The van der Waals surface area contributed by atoms with Crippen molar-refractivity contribution in [1.82, 2.24) is 15.3 Å². The highest BCUT2D eigenvalue weighted by atomic mass is 16.2. The summed E-state index contributed by atoms with van der Waals surface area (Å²) in [6.45, 7) is 8.01. The maximum absolute atomic E-state index is 13.3. The SMILES string of the molecule is CC1(C)C(=O)N(C2CCCCC2)c2nc(Nc3cccc(N4CCNCC4)c3)ncc21. The number of nitrogens with zero attached hydrogens (tertiary/aromatic N) is 4. The average molecular weight is 421 g/mol. The number of amides is 1. The molecule has 7 nitrogen and oxygen atoms in total. The lowest BCUT2D eigenvalue weighted by molar-refractivity contribution is -0.122. The van der Waals surface area contributed by atoms with Crippen LogP contribution in [0.5, 0.6) is 0 Å². The van der Waals surface area contributed by atoms with Gasteiger partial charge in [0.05, 0.1) is 5.41 Å². The molecule has 2 aromatic rings. The van der Waals surface area contributed by atoms with Crippen LogP contribution in [-0.4, -0.2) is 48.1 Å². The second kappa shape index (κ2) is 8.11. The number of hydrogen-bond donors (Lipinski definition) is 2. The van der Waals surface area contributed by atoms with E-state index >= 15 is 0 Å². The van der Waals surface area contributed by atoms with Gasteiger partial charge in [-0.1, -0.05) is 25.3 Å². The highest BCUT2D eigenvalue weighted by Gasteiger charge is 2.48. The van der Waals surface area contributed by atoms with Gasteiger partial charge in [0.25, 0.3) is 0 Å². The Balaban J connectivity index is 1.42. The summed E-state index contributed by atoms with van der Waals surface area (Å²) in [6.07, 6.45) is 7.57. The third-order valence-electron chi connectivity index (χ3n) is 6.95. The fourth-order valence-corrected chi connectivity index (χ4v) is 5.08. The Morgan fingerprint density at radius 1 is 1.13 bits per heavy atom. The van der Waals surface area contributed by atoms with Gasteiger partial charge in [0.2, 0.25) is 11.9 Å². The molecule has 3 heterocycles.